The maximum Gasteiger partial charge on any atom is 0.230 e. The Morgan fingerprint density at radius 3 is 2.12 bits per heavy atom. The van der Waals surface area contributed by atoms with Crippen LogP contribution in [0.15, 0.2) is 53.8 Å². The Morgan fingerprint density at radius 2 is 1.65 bits per heavy atom. The lowest BCUT2D eigenvalue weighted by Gasteiger charge is -2.55. The van der Waals surface area contributed by atoms with Crippen LogP contribution in [0.3, 0.4) is 0 Å². The molecule has 48 heavy (non-hydrogen) atoms. The number of aldehydes is 2. The van der Waals surface area contributed by atoms with Gasteiger partial charge in [-0.1, -0.05) is 35.6 Å². The number of nitrogens with zero attached hydrogens (tertiary/aromatic N) is 2. The third-order valence-electron chi connectivity index (χ3n) is 10.7. The first kappa shape index (κ1) is 41.5. The number of nitrogens with one attached hydrogen (secondary N) is 2. The SMILES string of the molecule is BC(B)(c1ccc(CN/C=C(CN(C)C(B)(C(=O)NC)C(B)(B)C(B)(B)C=O)/C(C=O)=C\C=C/C)c(F)c1)N1CC(C)(C)OC(C)(C)C1. The fraction of sp³-hybridized carbons (Fsp3) is 0.531. The van der Waals surface area contributed by atoms with Crippen molar-refractivity contribution in [3.05, 3.63) is 70.7 Å². The lowest BCUT2D eigenvalue weighted by Crippen LogP contribution is -2.68. The summed E-state index contributed by atoms with van der Waals surface area (Å²) in [6.45, 7) is 12.0. The summed E-state index contributed by atoms with van der Waals surface area (Å²) >= 11 is 0. The molecule has 1 atom stereocenters. The molecule has 0 aromatic heterocycles. The van der Waals surface area contributed by atoms with Crippen molar-refractivity contribution in [2.75, 3.05) is 33.7 Å². The van der Waals surface area contributed by atoms with Crippen molar-refractivity contribution in [3.8, 4) is 0 Å². The Hall–Kier alpha value is -2.69. The number of ether oxygens (including phenoxy) is 1. The van der Waals surface area contributed by atoms with Crippen LogP contribution >= 0.6 is 0 Å². The third kappa shape index (κ3) is 8.91. The van der Waals surface area contributed by atoms with Crippen LogP contribution < -0.4 is 10.6 Å². The van der Waals surface area contributed by atoms with Gasteiger partial charge in [-0.2, -0.15) is 0 Å². The molecule has 1 saturated heterocycles. The quantitative estimate of drug-likeness (QED) is 0.0890. The lowest BCUT2D eigenvalue weighted by atomic mass is 9.23. The monoisotopic (exact) mass is 654 g/mol. The van der Waals surface area contributed by atoms with E-state index in [9.17, 15) is 14.4 Å². The molecule has 8 nitrogen and oxygen atoms in total. The van der Waals surface area contributed by atoms with Gasteiger partial charge in [0.05, 0.1) is 16.6 Å². The number of halogens is 1. The number of rotatable bonds is 15. The number of amides is 1. The molecule has 1 aromatic carbocycles. The first-order chi connectivity index (χ1) is 22.0. The number of likely N-dealkylation sites (N-methyl/N-ethyl adjacent to an activating group) is 2. The van der Waals surface area contributed by atoms with Gasteiger partial charge >= 0.3 is 0 Å². The van der Waals surface area contributed by atoms with Crippen molar-refractivity contribution in [3.63, 3.8) is 0 Å². The average Bonchev–Trinajstić information content (AvgIpc) is 2.99. The molecule has 2 rings (SSSR count). The summed E-state index contributed by atoms with van der Waals surface area (Å²) < 4.78 is 22.0. The molecule has 1 aromatic rings. The van der Waals surface area contributed by atoms with Gasteiger partial charge in [0.1, 0.15) is 73.3 Å². The highest BCUT2D eigenvalue weighted by molar-refractivity contribution is 6.63. The zero-order valence-corrected chi connectivity index (χ0v) is 31.9. The Labute approximate surface area is 294 Å². The van der Waals surface area contributed by atoms with Crippen molar-refractivity contribution in [2.24, 2.45) is 0 Å². The van der Waals surface area contributed by atoms with Crippen molar-refractivity contribution in [1.82, 2.24) is 20.4 Å². The van der Waals surface area contributed by atoms with Gasteiger partial charge in [-0.25, -0.2) is 4.39 Å². The number of hydrogen-bond acceptors (Lipinski definition) is 7. The lowest BCUT2D eigenvalue weighted by molar-refractivity contribution is -0.186. The second kappa shape index (κ2) is 15.5. The summed E-state index contributed by atoms with van der Waals surface area (Å²) in [5.74, 6) is -0.575. The topological polar surface area (TPSA) is 91.0 Å². The summed E-state index contributed by atoms with van der Waals surface area (Å²) in [7, 11) is 16.9. The predicted octanol–water partition coefficient (Wildman–Crippen LogP) is -3.26. The van der Waals surface area contributed by atoms with Crippen LogP contribution in [0.1, 0.15) is 45.7 Å². The summed E-state index contributed by atoms with van der Waals surface area (Å²) in [5, 5.41) is 3.89. The Balaban J connectivity index is 2.44. The molecule has 1 unspecified atom stereocenters. The van der Waals surface area contributed by atoms with Crippen LogP contribution in [-0.2, 0) is 31.0 Å². The number of hydrogen-bond donors (Lipinski definition) is 2. The Kier molecular flexibility index (Phi) is 13.4. The summed E-state index contributed by atoms with van der Waals surface area (Å²) in [4.78, 5) is 42.3. The van der Waals surface area contributed by atoms with Crippen molar-refractivity contribution in [1.29, 1.82) is 0 Å². The van der Waals surface area contributed by atoms with Crippen LogP contribution in [0.2, 0.25) is 10.4 Å². The van der Waals surface area contributed by atoms with Gasteiger partial charge in [0, 0.05) is 50.6 Å². The number of allylic oxidation sites excluding steroid dienone is 3. The zero-order chi connectivity index (χ0) is 36.9. The van der Waals surface area contributed by atoms with E-state index >= 15 is 4.39 Å². The normalized spacial score (nSPS) is 19.1. The standard InChI is InChI=1S/C32H54B7FN4O4/c1-8-9-10-22(17-45)23(16-43(7)30(35,26(47)41-6)32(38,39)29(33,34)20-46)15-42-14-21-11-12-24(13-25(21)40)31(36,37)44-18-27(2,3)48-28(4,5)19-44/h8-13,15,17,20,42H,14,16,18-19,33-39H2,1-7H3,(H,41,47)/b9-8-,22-10-,23-15+. The molecule has 0 spiro atoms. The molecular weight excluding hydrogens is 599 g/mol. The second-order valence-corrected chi connectivity index (χ2v) is 16.1. The molecule has 0 bridgehead atoms. The minimum atomic E-state index is -1.15. The van der Waals surface area contributed by atoms with E-state index in [0.717, 1.165) is 31.2 Å². The van der Waals surface area contributed by atoms with E-state index in [1.807, 2.05) is 63.2 Å². The van der Waals surface area contributed by atoms with Crippen molar-refractivity contribution < 1.29 is 23.5 Å². The predicted molar refractivity (Wildman–Crippen MR) is 213 cm³/mol. The Bertz CT molecular complexity index is 1430. The molecule has 1 heterocycles. The van der Waals surface area contributed by atoms with E-state index in [2.05, 4.69) is 58.9 Å². The van der Waals surface area contributed by atoms with Gasteiger partial charge in [-0.15, -0.1) is 0 Å². The summed E-state index contributed by atoms with van der Waals surface area (Å²) in [6, 6.07) is 5.39. The van der Waals surface area contributed by atoms with Gasteiger partial charge < -0.3 is 25.1 Å². The average molecular weight is 653 g/mol. The van der Waals surface area contributed by atoms with Crippen LogP contribution in [0, 0.1) is 5.82 Å². The maximum atomic E-state index is 15.7. The first-order valence-electron chi connectivity index (χ1n) is 16.8. The Morgan fingerprint density at radius 1 is 1.06 bits per heavy atom. The molecule has 0 saturated carbocycles. The highest BCUT2D eigenvalue weighted by Crippen LogP contribution is 2.50. The third-order valence-corrected chi connectivity index (χ3v) is 10.7. The highest BCUT2D eigenvalue weighted by Gasteiger charge is 2.55. The smallest absolute Gasteiger partial charge is 0.230 e. The van der Waals surface area contributed by atoms with E-state index in [4.69, 9.17) is 4.74 Å². The minimum absolute atomic E-state index is 0.184. The van der Waals surface area contributed by atoms with Gasteiger partial charge in [0.15, 0.2) is 0 Å². The van der Waals surface area contributed by atoms with Gasteiger partial charge in [-0.3, -0.25) is 14.5 Å². The minimum Gasteiger partial charge on any atom is -0.386 e. The van der Waals surface area contributed by atoms with E-state index in [1.54, 1.807) is 44.6 Å². The number of carbonyl (C=O) groups is 3. The summed E-state index contributed by atoms with van der Waals surface area (Å²) in [5.41, 5.74) is 0.555. The fourth-order valence-corrected chi connectivity index (χ4v) is 6.73. The number of morpholine rings is 1. The van der Waals surface area contributed by atoms with Crippen molar-refractivity contribution in [2.45, 2.75) is 73.6 Å². The van der Waals surface area contributed by atoms with Crippen LogP contribution in [0.4, 0.5) is 4.39 Å². The zero-order valence-electron chi connectivity index (χ0n) is 31.9. The molecule has 2 N–H and O–H groups in total. The molecular formula is C32H54B7FN4O4. The van der Waals surface area contributed by atoms with E-state index < -0.39 is 21.2 Å². The van der Waals surface area contributed by atoms with Gasteiger partial charge in [0.25, 0.3) is 0 Å². The highest BCUT2D eigenvalue weighted by atomic mass is 19.1. The van der Waals surface area contributed by atoms with E-state index in [-0.39, 0.29) is 36.0 Å². The molecule has 1 aliphatic rings. The molecule has 1 aliphatic heterocycles. The molecule has 0 radical (unpaired) electrons. The van der Waals surface area contributed by atoms with Crippen LogP contribution in [-0.4, -0.2) is 134 Å². The van der Waals surface area contributed by atoms with Crippen molar-refractivity contribution >= 4 is 73.4 Å². The van der Waals surface area contributed by atoms with E-state index in [1.165, 1.54) is 0 Å². The molecule has 1 amide bonds. The molecule has 254 valence electrons. The van der Waals surface area contributed by atoms with Gasteiger partial charge in [0.2, 0.25) is 5.91 Å². The maximum absolute atomic E-state index is 15.7. The van der Waals surface area contributed by atoms with E-state index in [0.29, 0.717) is 16.7 Å². The second-order valence-electron chi connectivity index (χ2n) is 16.1. The number of benzene rings is 1. The number of carbonyl (C=O) groups excluding carboxylic acids is 3. The molecule has 1 fully saturated rings. The first-order valence-corrected chi connectivity index (χ1v) is 16.8. The molecule has 0 aliphatic carbocycles. The summed E-state index contributed by atoms with van der Waals surface area (Å²) in [6.07, 6.45) is 8.65. The van der Waals surface area contributed by atoms with Crippen LogP contribution in [0.5, 0.6) is 0 Å². The molecule has 16 heteroatoms. The van der Waals surface area contributed by atoms with Gasteiger partial charge in [-0.05, 0) is 69.4 Å². The largest absolute Gasteiger partial charge is 0.386 e. The van der Waals surface area contributed by atoms with Crippen LogP contribution in [0.25, 0.3) is 0 Å². The fourth-order valence-electron chi connectivity index (χ4n) is 6.73.